The summed E-state index contributed by atoms with van der Waals surface area (Å²) in [6.45, 7) is 4.69. The Morgan fingerprint density at radius 3 is 1.14 bits per heavy atom. The predicted molar refractivity (Wildman–Crippen MR) is 196 cm³/mol. The van der Waals surface area contributed by atoms with Crippen LogP contribution in [0.5, 0.6) is 0 Å². The molecule has 3 N–H and O–H groups in total. The van der Waals surface area contributed by atoms with E-state index in [1.165, 1.54) is 36.4 Å². The smallest absolute Gasteiger partial charge is 0.294 e. The molecule has 0 radical (unpaired) electrons. The van der Waals surface area contributed by atoms with Crippen molar-refractivity contribution >= 4 is 41.7 Å². The van der Waals surface area contributed by atoms with Crippen LogP contribution in [-0.2, 0) is 43.4 Å². The Morgan fingerprint density at radius 1 is 0.451 bits per heavy atom. The molecule has 0 aromatic heterocycles. The lowest BCUT2D eigenvalue weighted by atomic mass is 9.82. The van der Waals surface area contributed by atoms with E-state index in [4.69, 9.17) is 0 Å². The van der Waals surface area contributed by atoms with Crippen LogP contribution in [0.2, 0.25) is 0 Å². The molecular weight excluding hydrogens is 713 g/mol. The van der Waals surface area contributed by atoms with Crippen LogP contribution < -0.4 is 9.80 Å². The predicted octanol–water partition coefficient (Wildman–Crippen LogP) is 6.66. The monoisotopic (exact) mass is 750 g/mol. The lowest BCUT2D eigenvalue weighted by Gasteiger charge is -2.33. The lowest BCUT2D eigenvalue weighted by Crippen LogP contribution is -2.27. The number of para-hydroxylation sites is 2. The minimum absolute atomic E-state index is 0.0747. The summed E-state index contributed by atoms with van der Waals surface area (Å²) >= 11 is 0. The number of rotatable bonds is 14. The molecule has 5 aromatic rings. The molecule has 5 rings (SSSR count). The maximum Gasteiger partial charge on any atom is 0.294 e. The van der Waals surface area contributed by atoms with Crippen LogP contribution in [0, 0.1) is 0 Å². The van der Waals surface area contributed by atoms with Gasteiger partial charge in [-0.1, -0.05) is 91.0 Å². The van der Waals surface area contributed by atoms with Gasteiger partial charge >= 0.3 is 0 Å². The SMILES string of the molecule is CCN(Cc1ccccc1S(=O)(=O)O)c1ccccc1C(c1ccccc1N(CC)Cc1ccccc1S(=O)(=O)O)c1ccccc1S(=O)(=O)O. The first-order chi connectivity index (χ1) is 24.1. The molecule has 0 heterocycles. The number of hydrogen-bond donors (Lipinski definition) is 3. The van der Waals surface area contributed by atoms with Crippen molar-refractivity contribution in [1.29, 1.82) is 0 Å². The second-order valence-corrected chi connectivity index (χ2v) is 15.9. The van der Waals surface area contributed by atoms with Crippen molar-refractivity contribution in [1.82, 2.24) is 0 Å². The van der Waals surface area contributed by atoms with Crippen LogP contribution in [-0.4, -0.2) is 52.0 Å². The van der Waals surface area contributed by atoms with Gasteiger partial charge in [-0.2, -0.15) is 25.3 Å². The van der Waals surface area contributed by atoms with E-state index in [1.54, 1.807) is 60.7 Å². The lowest BCUT2D eigenvalue weighted by molar-refractivity contribution is 0.479. The van der Waals surface area contributed by atoms with Gasteiger partial charge in [0.05, 0.1) is 14.7 Å². The molecule has 0 unspecified atom stereocenters. The summed E-state index contributed by atoms with van der Waals surface area (Å²) in [7, 11) is -13.8. The Morgan fingerprint density at radius 2 is 0.765 bits per heavy atom. The zero-order chi connectivity index (χ0) is 37.0. The van der Waals surface area contributed by atoms with Gasteiger partial charge in [0.2, 0.25) is 0 Å². The van der Waals surface area contributed by atoms with E-state index in [0.29, 0.717) is 46.7 Å². The van der Waals surface area contributed by atoms with E-state index in [0.717, 1.165) is 0 Å². The van der Waals surface area contributed by atoms with Gasteiger partial charge < -0.3 is 9.80 Å². The molecule has 0 saturated carbocycles. The van der Waals surface area contributed by atoms with Gasteiger partial charge in [0.1, 0.15) is 0 Å². The molecule has 0 aliphatic carbocycles. The van der Waals surface area contributed by atoms with Gasteiger partial charge in [-0.05, 0) is 72.0 Å². The fourth-order valence-corrected chi connectivity index (χ4v) is 8.58. The molecule has 0 saturated heterocycles. The summed E-state index contributed by atoms with van der Waals surface area (Å²) in [5.74, 6) is -0.840. The third kappa shape index (κ3) is 8.50. The minimum Gasteiger partial charge on any atom is -0.367 e. The molecule has 11 nitrogen and oxygen atoms in total. The summed E-state index contributed by atoms with van der Waals surface area (Å²) in [5, 5.41) is 0. The van der Waals surface area contributed by atoms with E-state index in [1.807, 2.05) is 47.9 Å². The summed E-state index contributed by atoms with van der Waals surface area (Å²) in [4.78, 5) is 3.04. The molecule has 0 amide bonds. The average Bonchev–Trinajstić information content (AvgIpc) is 3.09. The summed E-state index contributed by atoms with van der Waals surface area (Å²) < 4.78 is 105. The van der Waals surface area contributed by atoms with Gasteiger partial charge in [0.15, 0.2) is 0 Å². The Kier molecular flexibility index (Phi) is 11.3. The van der Waals surface area contributed by atoms with E-state index in [2.05, 4.69) is 0 Å². The third-order valence-corrected chi connectivity index (χ3v) is 11.5. The quantitative estimate of drug-likeness (QED) is 0.0820. The van der Waals surface area contributed by atoms with Crippen LogP contribution in [0.15, 0.2) is 136 Å². The Hall–Kier alpha value is -4.57. The van der Waals surface area contributed by atoms with Crippen molar-refractivity contribution in [2.45, 2.75) is 47.5 Å². The Bertz CT molecular complexity index is 2240. The molecule has 5 aromatic carbocycles. The Labute approximate surface area is 299 Å². The van der Waals surface area contributed by atoms with Crippen molar-refractivity contribution in [3.05, 3.63) is 149 Å². The zero-order valence-corrected chi connectivity index (χ0v) is 30.3. The normalized spacial score (nSPS) is 12.2. The molecule has 14 heteroatoms. The largest absolute Gasteiger partial charge is 0.367 e. The molecule has 268 valence electrons. The first kappa shape index (κ1) is 37.7. The highest BCUT2D eigenvalue weighted by Gasteiger charge is 2.31. The van der Waals surface area contributed by atoms with Crippen molar-refractivity contribution in [2.75, 3.05) is 22.9 Å². The summed E-state index contributed by atoms with van der Waals surface area (Å²) in [6.07, 6.45) is 0. The van der Waals surface area contributed by atoms with Crippen LogP contribution in [0.3, 0.4) is 0 Å². The van der Waals surface area contributed by atoms with Crippen LogP contribution in [0.1, 0.15) is 47.6 Å². The fraction of sp³-hybridized carbons (Fsp3) is 0.189. The maximum absolute atomic E-state index is 12.9. The molecule has 0 bridgehead atoms. The number of anilines is 2. The highest BCUT2D eigenvalue weighted by atomic mass is 32.2. The van der Waals surface area contributed by atoms with E-state index < -0.39 is 36.3 Å². The van der Waals surface area contributed by atoms with Gasteiger partial charge in [-0.15, -0.1) is 0 Å². The van der Waals surface area contributed by atoms with Crippen molar-refractivity contribution in [3.63, 3.8) is 0 Å². The van der Waals surface area contributed by atoms with Crippen LogP contribution in [0.4, 0.5) is 11.4 Å². The standard InChI is InChI=1S/C37H38N2O9S3/c1-3-38(25-27-15-5-12-22-34(27)49(40,41)42)32-20-10-7-17-29(32)37(31-19-9-14-24-36(31)51(46,47)48)30-18-8-11-21-33(30)39(4-2)26-28-16-6-13-23-35(28)50(43,44)45/h5-24,37H,3-4,25-26H2,1-2H3,(H,40,41,42)(H,43,44,45)(H,46,47,48). The Balaban J connectivity index is 1.75. The van der Waals surface area contributed by atoms with Crippen molar-refractivity contribution < 1.29 is 38.9 Å². The van der Waals surface area contributed by atoms with Gasteiger partial charge in [-0.25, -0.2) is 0 Å². The molecule has 0 atom stereocenters. The topological polar surface area (TPSA) is 170 Å². The molecular formula is C37H38N2O9S3. The fourth-order valence-electron chi connectivity index (χ4n) is 6.41. The summed E-state index contributed by atoms with van der Waals surface area (Å²) in [5.41, 5.74) is 3.49. The van der Waals surface area contributed by atoms with Crippen molar-refractivity contribution in [2.24, 2.45) is 0 Å². The zero-order valence-electron chi connectivity index (χ0n) is 27.9. The number of nitrogens with zero attached hydrogens (tertiary/aromatic N) is 2. The van der Waals surface area contributed by atoms with Gasteiger partial charge in [0, 0.05) is 43.5 Å². The average molecular weight is 751 g/mol. The second kappa shape index (κ2) is 15.4. The van der Waals surface area contributed by atoms with Crippen molar-refractivity contribution in [3.8, 4) is 0 Å². The molecule has 0 spiro atoms. The molecule has 0 aliphatic rings. The molecule has 51 heavy (non-hydrogen) atoms. The van der Waals surface area contributed by atoms with Gasteiger partial charge in [-0.3, -0.25) is 13.7 Å². The molecule has 0 fully saturated rings. The second-order valence-electron chi connectivity index (χ2n) is 11.8. The first-order valence-electron chi connectivity index (χ1n) is 16.0. The molecule has 0 aliphatic heterocycles. The van der Waals surface area contributed by atoms with E-state index in [-0.39, 0.29) is 33.3 Å². The van der Waals surface area contributed by atoms with Gasteiger partial charge in [0.25, 0.3) is 30.4 Å². The highest BCUT2D eigenvalue weighted by molar-refractivity contribution is 7.86. The first-order valence-corrected chi connectivity index (χ1v) is 20.3. The van der Waals surface area contributed by atoms with E-state index in [9.17, 15) is 38.9 Å². The van der Waals surface area contributed by atoms with E-state index >= 15 is 0 Å². The highest BCUT2D eigenvalue weighted by Crippen LogP contribution is 2.44. The third-order valence-electron chi connectivity index (χ3n) is 8.67. The maximum atomic E-state index is 12.9. The number of benzene rings is 5. The number of hydrogen-bond acceptors (Lipinski definition) is 8. The summed E-state index contributed by atoms with van der Waals surface area (Å²) in [6, 6.07) is 32.9. The van der Waals surface area contributed by atoms with Crippen LogP contribution in [0.25, 0.3) is 0 Å². The minimum atomic E-state index is -4.73. The van der Waals surface area contributed by atoms with Crippen LogP contribution >= 0.6 is 0 Å².